The molecule has 0 aromatic carbocycles. The summed E-state index contributed by atoms with van der Waals surface area (Å²) in [5.74, 6) is 0. The first kappa shape index (κ1) is 8.35. The molecule has 0 N–H and O–H groups in total. The van der Waals surface area contributed by atoms with E-state index in [0.29, 0.717) is 0 Å². The Bertz CT molecular complexity index is 269. The van der Waals surface area contributed by atoms with Crippen LogP contribution < -0.4 is 0 Å². The molecule has 1 rings (SSSR count). The molecule has 0 aromatic rings. The van der Waals surface area contributed by atoms with Crippen molar-refractivity contribution < 1.29 is 0 Å². The molecule has 0 spiro atoms. The first-order chi connectivity index (χ1) is 5.70. The van der Waals surface area contributed by atoms with Crippen LogP contribution in [-0.2, 0) is 0 Å². The van der Waals surface area contributed by atoms with E-state index >= 15 is 0 Å². The van der Waals surface area contributed by atoms with E-state index in [2.05, 4.69) is 5.10 Å². The molecule has 0 amide bonds. The van der Waals surface area contributed by atoms with E-state index in [9.17, 15) is 0 Å². The highest BCUT2D eigenvalue weighted by Gasteiger charge is 2.29. The quantitative estimate of drug-likeness (QED) is 0.521. The predicted molar refractivity (Wildman–Crippen MR) is 42.3 cm³/mol. The molecular weight excluding hydrogens is 154 g/mol. The van der Waals surface area contributed by atoms with Gasteiger partial charge in [0.1, 0.15) is 12.4 Å². The number of hydrazone groups is 1. The zero-order chi connectivity index (χ0) is 9.14. The lowest BCUT2D eigenvalue weighted by Crippen LogP contribution is -2.39. The lowest BCUT2D eigenvalue weighted by atomic mass is 10.3. The van der Waals surface area contributed by atoms with Crippen LogP contribution in [0.2, 0.25) is 0 Å². The third-order valence-electron chi connectivity index (χ3n) is 1.58. The normalized spacial score (nSPS) is 21.2. The van der Waals surface area contributed by atoms with Crippen LogP contribution in [0.15, 0.2) is 5.10 Å². The summed E-state index contributed by atoms with van der Waals surface area (Å²) in [7, 11) is 0. The van der Waals surface area contributed by atoms with Gasteiger partial charge in [0.2, 0.25) is 6.17 Å². The Morgan fingerprint density at radius 3 is 2.58 bits per heavy atom. The van der Waals surface area contributed by atoms with Gasteiger partial charge in [-0.15, -0.1) is 0 Å². The molecule has 0 bridgehead atoms. The highest BCUT2D eigenvalue weighted by molar-refractivity contribution is 5.60. The molecule has 1 unspecified atom stereocenters. The van der Waals surface area contributed by atoms with Crippen LogP contribution in [0.3, 0.4) is 0 Å². The van der Waals surface area contributed by atoms with E-state index in [4.69, 9.17) is 10.5 Å². The molecule has 1 atom stereocenters. The lowest BCUT2D eigenvalue weighted by molar-refractivity contribution is 0.166. The van der Waals surface area contributed by atoms with Gasteiger partial charge in [-0.1, -0.05) is 0 Å². The summed E-state index contributed by atoms with van der Waals surface area (Å²) in [6, 6.07) is 2.13. The monoisotopic (exact) mass is 163 g/mol. The van der Waals surface area contributed by atoms with Gasteiger partial charge >= 0.3 is 0 Å². The predicted octanol–water partition coefficient (Wildman–Crippen LogP) is 0.286. The maximum absolute atomic E-state index is 8.72. The summed E-state index contributed by atoms with van der Waals surface area (Å²) in [5.41, 5.74) is 0. The molecule has 0 saturated heterocycles. The molecule has 0 saturated carbocycles. The molecule has 1 heterocycles. The molecule has 0 radical (unpaired) electrons. The van der Waals surface area contributed by atoms with Gasteiger partial charge in [-0.05, 0) is 13.8 Å². The van der Waals surface area contributed by atoms with Gasteiger partial charge in [0.25, 0.3) is 0 Å². The second kappa shape index (κ2) is 3.10. The van der Waals surface area contributed by atoms with Crippen LogP contribution in [0.5, 0.6) is 0 Å². The topological polar surface area (TPSA) is 66.4 Å². The Balaban J connectivity index is 2.79. The van der Waals surface area contributed by atoms with Gasteiger partial charge in [-0.2, -0.15) is 15.6 Å². The summed E-state index contributed by atoms with van der Waals surface area (Å²) < 4.78 is 0. The summed E-state index contributed by atoms with van der Waals surface area (Å²) in [5, 5.41) is 22.8. The molecule has 0 aromatic heterocycles. The van der Waals surface area contributed by atoms with E-state index < -0.39 is 6.17 Å². The van der Waals surface area contributed by atoms with E-state index in [0.717, 1.165) is 0 Å². The summed E-state index contributed by atoms with van der Waals surface area (Å²) >= 11 is 0. The molecule has 5 nitrogen and oxygen atoms in total. The fraction of sp³-hybridized carbons (Fsp3) is 0.571. The van der Waals surface area contributed by atoms with Crippen LogP contribution in [0.4, 0.5) is 0 Å². The van der Waals surface area contributed by atoms with Crippen molar-refractivity contribution in [3.8, 4) is 12.3 Å². The standard InChI is InChI=1S/C7H9N5/c1-6(2)12-7(3-8)11(4-9)5-10-12/h5-7H,1-2H3. The first-order valence-corrected chi connectivity index (χ1v) is 3.61. The second-order valence-electron chi connectivity index (χ2n) is 2.71. The minimum absolute atomic E-state index is 0.129. The summed E-state index contributed by atoms with van der Waals surface area (Å²) in [4.78, 5) is 1.22. The second-order valence-corrected chi connectivity index (χ2v) is 2.71. The average molecular weight is 163 g/mol. The molecule has 1 aliphatic rings. The van der Waals surface area contributed by atoms with Gasteiger partial charge in [-0.25, -0.2) is 4.90 Å². The van der Waals surface area contributed by atoms with Gasteiger partial charge in [0.15, 0.2) is 6.19 Å². The highest BCUT2D eigenvalue weighted by Crippen LogP contribution is 2.13. The van der Waals surface area contributed by atoms with Crippen LogP contribution in [0.1, 0.15) is 13.8 Å². The maximum Gasteiger partial charge on any atom is 0.220 e. The van der Waals surface area contributed by atoms with Crippen LogP contribution in [0, 0.1) is 22.8 Å². The fourth-order valence-corrected chi connectivity index (χ4v) is 0.987. The molecule has 0 aliphatic carbocycles. The van der Waals surface area contributed by atoms with Crippen molar-refractivity contribution in [2.45, 2.75) is 26.1 Å². The molecule has 0 fully saturated rings. The minimum atomic E-state index is -0.574. The number of nitriles is 2. The SMILES string of the molecule is CC(C)N1N=CN(C#N)C1C#N. The Hall–Kier alpha value is -1.75. The van der Waals surface area contributed by atoms with Gasteiger partial charge in [0.05, 0.1) is 0 Å². The molecule has 62 valence electrons. The lowest BCUT2D eigenvalue weighted by Gasteiger charge is -2.23. The summed E-state index contributed by atoms with van der Waals surface area (Å²) in [6.45, 7) is 3.84. The fourth-order valence-electron chi connectivity index (χ4n) is 0.987. The first-order valence-electron chi connectivity index (χ1n) is 3.61. The Labute approximate surface area is 71.1 Å². The minimum Gasteiger partial charge on any atom is -0.256 e. The molecular formula is C7H9N5. The largest absolute Gasteiger partial charge is 0.256 e. The third-order valence-corrected chi connectivity index (χ3v) is 1.58. The van der Waals surface area contributed by atoms with E-state index in [1.807, 2.05) is 26.1 Å². The van der Waals surface area contributed by atoms with Crippen LogP contribution in [0.25, 0.3) is 0 Å². The smallest absolute Gasteiger partial charge is 0.220 e. The van der Waals surface area contributed by atoms with E-state index in [-0.39, 0.29) is 6.04 Å². The van der Waals surface area contributed by atoms with Crippen molar-refractivity contribution in [3.63, 3.8) is 0 Å². The molecule has 1 aliphatic heterocycles. The van der Waals surface area contributed by atoms with Crippen molar-refractivity contribution >= 4 is 6.34 Å². The number of nitrogens with zero attached hydrogens (tertiary/aromatic N) is 5. The van der Waals surface area contributed by atoms with Crippen molar-refractivity contribution in [1.29, 1.82) is 10.5 Å². The number of rotatable bonds is 1. The number of hydrogen-bond acceptors (Lipinski definition) is 5. The molecule has 12 heavy (non-hydrogen) atoms. The van der Waals surface area contributed by atoms with E-state index in [1.54, 1.807) is 5.01 Å². The zero-order valence-electron chi connectivity index (χ0n) is 6.97. The number of hydrogen-bond donors (Lipinski definition) is 0. The molecule has 5 heteroatoms. The maximum atomic E-state index is 8.72. The van der Waals surface area contributed by atoms with Gasteiger partial charge in [-0.3, -0.25) is 5.01 Å². The van der Waals surface area contributed by atoms with Crippen molar-refractivity contribution in [1.82, 2.24) is 9.91 Å². The zero-order valence-corrected chi connectivity index (χ0v) is 6.97. The Kier molecular flexibility index (Phi) is 2.16. The van der Waals surface area contributed by atoms with Crippen LogP contribution in [-0.4, -0.2) is 28.5 Å². The van der Waals surface area contributed by atoms with E-state index in [1.165, 1.54) is 11.2 Å². The van der Waals surface area contributed by atoms with Crippen molar-refractivity contribution in [2.75, 3.05) is 0 Å². The Morgan fingerprint density at radius 1 is 1.50 bits per heavy atom. The van der Waals surface area contributed by atoms with Gasteiger partial charge < -0.3 is 0 Å². The summed E-state index contributed by atoms with van der Waals surface area (Å²) in [6.07, 6.45) is 2.66. The third kappa shape index (κ3) is 1.17. The van der Waals surface area contributed by atoms with Crippen molar-refractivity contribution in [3.05, 3.63) is 0 Å². The average Bonchev–Trinajstić information content (AvgIpc) is 2.46. The van der Waals surface area contributed by atoms with Gasteiger partial charge in [0, 0.05) is 6.04 Å². The Morgan fingerprint density at radius 2 is 2.17 bits per heavy atom. The highest BCUT2D eigenvalue weighted by atomic mass is 15.6. The van der Waals surface area contributed by atoms with Crippen LogP contribution >= 0.6 is 0 Å². The van der Waals surface area contributed by atoms with Crippen molar-refractivity contribution in [2.24, 2.45) is 5.10 Å².